The molecule has 4 heteroatoms. The average molecular weight is 322 g/mol. The van der Waals surface area contributed by atoms with Crippen molar-refractivity contribution >= 4 is 42.3 Å². The summed E-state index contributed by atoms with van der Waals surface area (Å²) < 4.78 is 6.20. The Morgan fingerprint density at radius 1 is 0.917 bits per heavy atom. The average Bonchev–Trinajstić information content (AvgIpc) is 2.64. The maximum absolute atomic E-state index is 9.43. The van der Waals surface area contributed by atoms with E-state index in [2.05, 4.69) is 55.1 Å². The van der Waals surface area contributed by atoms with Crippen LogP contribution in [0.4, 0.5) is 0 Å². The number of ether oxygens (including phenoxy) is 1. The number of hydrogen-bond acceptors (Lipinski definition) is 2. The van der Waals surface area contributed by atoms with E-state index in [1.165, 1.54) is 26.8 Å². The zero-order chi connectivity index (χ0) is 16.3. The molecule has 0 spiro atoms. The Bertz CT molecular complexity index is 1040. The molecule has 2 aliphatic heterocycles. The Balaban J connectivity index is 1.90. The summed E-state index contributed by atoms with van der Waals surface area (Å²) >= 11 is 0. The van der Waals surface area contributed by atoms with Gasteiger partial charge in [0, 0.05) is 0 Å². The van der Waals surface area contributed by atoms with Crippen LogP contribution in [0.5, 0.6) is 11.5 Å². The molecule has 3 aromatic rings. The van der Waals surface area contributed by atoms with Gasteiger partial charge in [-0.05, 0) is 29.1 Å². The summed E-state index contributed by atoms with van der Waals surface area (Å²) in [6, 6.07) is 23.3. The summed E-state index contributed by atoms with van der Waals surface area (Å²) in [7, 11) is -0.902. The molecule has 0 fully saturated rings. The predicted molar refractivity (Wildman–Crippen MR) is 99.7 cm³/mol. The SMILES string of the molecule is C[Si]1c2ccccc2B2c3ccccc3Oc3cc(C#N)cc1c32. The minimum atomic E-state index is -0.902. The number of fused-ring (bicyclic) bond motifs is 4. The number of rotatable bonds is 0. The molecule has 24 heavy (non-hydrogen) atoms. The van der Waals surface area contributed by atoms with Crippen molar-refractivity contribution < 1.29 is 4.74 Å². The van der Waals surface area contributed by atoms with E-state index in [-0.39, 0.29) is 6.71 Å². The van der Waals surface area contributed by atoms with Crippen LogP contribution in [0.3, 0.4) is 0 Å². The molecule has 0 aromatic heterocycles. The largest absolute Gasteiger partial charge is 0.458 e. The highest BCUT2D eigenvalue weighted by molar-refractivity contribution is 7.08. The molecule has 2 aliphatic rings. The third-order valence-corrected chi connectivity index (χ3v) is 7.57. The minimum Gasteiger partial charge on any atom is -0.458 e. The molecule has 0 aliphatic carbocycles. The van der Waals surface area contributed by atoms with E-state index < -0.39 is 8.80 Å². The first-order chi connectivity index (χ1) is 11.8. The third kappa shape index (κ3) is 1.71. The highest BCUT2D eigenvalue weighted by Crippen LogP contribution is 2.25. The molecule has 0 unspecified atom stereocenters. The molecule has 111 valence electrons. The van der Waals surface area contributed by atoms with Gasteiger partial charge in [-0.25, -0.2) is 0 Å². The number of nitrogens with zero attached hydrogens (tertiary/aromatic N) is 1. The molecule has 0 saturated heterocycles. The number of hydrogen-bond donors (Lipinski definition) is 0. The lowest BCUT2D eigenvalue weighted by Crippen LogP contribution is -2.72. The molecule has 2 heterocycles. The summed E-state index contributed by atoms with van der Waals surface area (Å²) in [6.45, 7) is 2.52. The summed E-state index contributed by atoms with van der Waals surface area (Å²) in [5.41, 5.74) is 4.56. The second kappa shape index (κ2) is 4.86. The van der Waals surface area contributed by atoms with Gasteiger partial charge < -0.3 is 4.74 Å². The fourth-order valence-corrected chi connectivity index (χ4v) is 6.37. The summed E-state index contributed by atoms with van der Waals surface area (Å²) in [6.07, 6.45) is 0. The molecule has 1 radical (unpaired) electrons. The molecular formula is C20H13BNOSi. The van der Waals surface area contributed by atoms with Gasteiger partial charge in [0.05, 0.1) is 11.6 Å². The van der Waals surface area contributed by atoms with Crippen LogP contribution in [0.25, 0.3) is 0 Å². The van der Waals surface area contributed by atoms with Crippen LogP contribution in [0, 0.1) is 11.3 Å². The normalized spacial score (nSPS) is 14.1. The maximum atomic E-state index is 9.43. The van der Waals surface area contributed by atoms with Crippen LogP contribution in [0.15, 0.2) is 60.7 Å². The molecule has 5 rings (SSSR count). The van der Waals surface area contributed by atoms with Crippen LogP contribution >= 0.6 is 0 Å². The van der Waals surface area contributed by atoms with E-state index in [9.17, 15) is 5.26 Å². The van der Waals surface area contributed by atoms with Crippen molar-refractivity contribution in [2.24, 2.45) is 0 Å². The van der Waals surface area contributed by atoms with Crippen LogP contribution < -0.4 is 31.5 Å². The van der Waals surface area contributed by atoms with Gasteiger partial charge in [-0.1, -0.05) is 64.8 Å². The van der Waals surface area contributed by atoms with Crippen molar-refractivity contribution in [2.45, 2.75) is 6.55 Å². The lowest BCUT2D eigenvalue weighted by atomic mass is 9.35. The second-order valence-corrected chi connectivity index (χ2v) is 8.66. The van der Waals surface area contributed by atoms with E-state index in [0.717, 1.165) is 11.5 Å². The lowest BCUT2D eigenvalue weighted by molar-refractivity contribution is 0.487. The predicted octanol–water partition coefficient (Wildman–Crippen LogP) is 0.732. The van der Waals surface area contributed by atoms with Crippen molar-refractivity contribution in [3.63, 3.8) is 0 Å². The minimum absolute atomic E-state index is 0.206. The summed E-state index contributed by atoms with van der Waals surface area (Å²) in [4.78, 5) is 0. The van der Waals surface area contributed by atoms with Crippen molar-refractivity contribution in [2.75, 3.05) is 0 Å². The van der Waals surface area contributed by atoms with E-state index in [1.807, 2.05) is 18.2 Å². The molecule has 0 N–H and O–H groups in total. The van der Waals surface area contributed by atoms with Crippen molar-refractivity contribution in [1.82, 2.24) is 0 Å². The van der Waals surface area contributed by atoms with E-state index >= 15 is 0 Å². The number of benzene rings is 3. The highest BCUT2D eigenvalue weighted by Gasteiger charge is 2.41. The number of nitriles is 1. The van der Waals surface area contributed by atoms with Gasteiger partial charge >= 0.3 is 0 Å². The fraction of sp³-hybridized carbons (Fsp3) is 0.0500. The van der Waals surface area contributed by atoms with Crippen LogP contribution in [-0.4, -0.2) is 15.5 Å². The molecule has 3 aromatic carbocycles. The second-order valence-electron chi connectivity index (χ2n) is 6.33. The van der Waals surface area contributed by atoms with E-state index in [4.69, 9.17) is 4.74 Å². The first kappa shape index (κ1) is 13.7. The highest BCUT2D eigenvalue weighted by atomic mass is 28.3. The molecule has 0 saturated carbocycles. The Morgan fingerprint density at radius 3 is 2.50 bits per heavy atom. The molecule has 0 bridgehead atoms. The van der Waals surface area contributed by atoms with Gasteiger partial charge in [-0.2, -0.15) is 5.26 Å². The third-order valence-electron chi connectivity index (χ3n) is 5.09. The first-order valence-corrected chi connectivity index (χ1v) is 10.1. The van der Waals surface area contributed by atoms with Crippen LogP contribution in [0.2, 0.25) is 6.55 Å². The smallest absolute Gasteiger partial charge is 0.250 e. The Hall–Kier alpha value is -2.77. The maximum Gasteiger partial charge on any atom is 0.250 e. The first-order valence-electron chi connectivity index (χ1n) is 8.06. The Morgan fingerprint density at radius 2 is 1.67 bits per heavy atom. The quantitative estimate of drug-likeness (QED) is 0.447. The molecule has 2 nitrogen and oxygen atoms in total. The monoisotopic (exact) mass is 322 g/mol. The van der Waals surface area contributed by atoms with E-state index in [1.54, 1.807) is 0 Å². The number of para-hydroxylation sites is 1. The van der Waals surface area contributed by atoms with Gasteiger partial charge in [-0.3, -0.25) is 0 Å². The Labute approximate surface area is 143 Å². The summed E-state index contributed by atoms with van der Waals surface area (Å²) in [5, 5.41) is 12.2. The zero-order valence-electron chi connectivity index (χ0n) is 13.2. The standard InChI is InChI=1S/C20H13BNOSi/c1-24-18-9-5-3-7-15(18)21-14-6-2-4-8-16(14)23-17-10-13(12-22)11-19(24)20(17)21/h2-11H,1H3. The van der Waals surface area contributed by atoms with Crippen molar-refractivity contribution in [1.29, 1.82) is 5.26 Å². The van der Waals surface area contributed by atoms with E-state index in [0.29, 0.717) is 5.56 Å². The topological polar surface area (TPSA) is 33.0 Å². The van der Waals surface area contributed by atoms with Crippen molar-refractivity contribution in [3.05, 3.63) is 66.2 Å². The van der Waals surface area contributed by atoms with Crippen LogP contribution in [-0.2, 0) is 0 Å². The van der Waals surface area contributed by atoms with Gasteiger partial charge in [-0.15, -0.1) is 0 Å². The fourth-order valence-electron chi connectivity index (χ4n) is 4.03. The zero-order valence-corrected chi connectivity index (χ0v) is 14.2. The van der Waals surface area contributed by atoms with Crippen LogP contribution in [0.1, 0.15) is 5.56 Å². The van der Waals surface area contributed by atoms with Gasteiger partial charge in [0.25, 0.3) is 6.71 Å². The molecule has 0 atom stereocenters. The summed E-state index contributed by atoms with van der Waals surface area (Å²) in [5.74, 6) is 1.75. The Kier molecular flexibility index (Phi) is 2.77. The van der Waals surface area contributed by atoms with Gasteiger partial charge in [0.2, 0.25) is 0 Å². The van der Waals surface area contributed by atoms with Crippen molar-refractivity contribution in [3.8, 4) is 17.6 Å². The molecular weight excluding hydrogens is 309 g/mol. The van der Waals surface area contributed by atoms with Gasteiger partial charge in [0.15, 0.2) is 0 Å². The lowest BCUT2D eigenvalue weighted by Gasteiger charge is -2.35. The van der Waals surface area contributed by atoms with Gasteiger partial charge in [0.1, 0.15) is 20.3 Å². The molecule has 0 amide bonds.